The normalized spacial score (nSPS) is 19.8. The second-order valence-electron chi connectivity index (χ2n) is 6.03. The molecule has 0 fully saturated rings. The number of hydrogen-bond acceptors (Lipinski definition) is 2. The zero-order valence-electron chi connectivity index (χ0n) is 13.2. The first-order valence-corrected chi connectivity index (χ1v) is 8.34. The Morgan fingerprint density at radius 2 is 1.84 bits per heavy atom. The van der Waals surface area contributed by atoms with Crippen LogP contribution in [0.5, 0.6) is 0 Å². The van der Waals surface area contributed by atoms with E-state index in [0.29, 0.717) is 0 Å². The Balaban J connectivity index is 2.04. The highest BCUT2D eigenvalue weighted by atomic mass is 15.1. The highest BCUT2D eigenvalue weighted by Gasteiger charge is 2.03. The van der Waals surface area contributed by atoms with Gasteiger partial charge in [0, 0.05) is 0 Å². The van der Waals surface area contributed by atoms with Gasteiger partial charge < -0.3 is 10.2 Å². The van der Waals surface area contributed by atoms with Crippen LogP contribution >= 0.6 is 0 Å². The lowest BCUT2D eigenvalue weighted by atomic mass is 9.97. The van der Waals surface area contributed by atoms with Crippen LogP contribution in [0.4, 0.5) is 0 Å². The van der Waals surface area contributed by atoms with Crippen molar-refractivity contribution < 1.29 is 0 Å². The molecular formula is C17H34N2. The van der Waals surface area contributed by atoms with Gasteiger partial charge in [-0.15, -0.1) is 0 Å². The molecular weight excluding hydrogens is 232 g/mol. The van der Waals surface area contributed by atoms with Crippen molar-refractivity contribution in [2.24, 2.45) is 0 Å². The van der Waals surface area contributed by atoms with Crippen LogP contribution in [0.2, 0.25) is 0 Å². The van der Waals surface area contributed by atoms with Crippen molar-refractivity contribution in [3.63, 3.8) is 0 Å². The third-order valence-electron chi connectivity index (χ3n) is 4.14. The molecule has 1 N–H and O–H groups in total. The van der Waals surface area contributed by atoms with E-state index in [1.165, 1.54) is 77.3 Å². The quantitative estimate of drug-likeness (QED) is 0.501. The van der Waals surface area contributed by atoms with E-state index < -0.39 is 0 Å². The first-order chi connectivity index (χ1) is 9.33. The molecule has 1 aliphatic rings. The summed E-state index contributed by atoms with van der Waals surface area (Å²) in [6.45, 7) is 3.67. The molecule has 0 spiro atoms. The molecule has 2 heteroatoms. The Morgan fingerprint density at radius 1 is 1.05 bits per heavy atom. The maximum atomic E-state index is 3.21. The van der Waals surface area contributed by atoms with Gasteiger partial charge in [0.25, 0.3) is 0 Å². The van der Waals surface area contributed by atoms with Crippen LogP contribution in [0.1, 0.15) is 64.2 Å². The summed E-state index contributed by atoms with van der Waals surface area (Å²) in [6, 6.07) is 0. The number of rotatable bonds is 9. The van der Waals surface area contributed by atoms with Gasteiger partial charge in [0.2, 0.25) is 0 Å². The summed E-state index contributed by atoms with van der Waals surface area (Å²) in [7, 11) is 4.30. The van der Waals surface area contributed by atoms with Gasteiger partial charge in [-0.2, -0.15) is 0 Å². The predicted molar refractivity (Wildman–Crippen MR) is 85.7 cm³/mol. The highest BCUT2D eigenvalue weighted by Crippen LogP contribution is 2.20. The Kier molecular flexibility index (Phi) is 10.1. The Labute approximate surface area is 120 Å². The van der Waals surface area contributed by atoms with Crippen LogP contribution in [-0.4, -0.2) is 38.6 Å². The van der Waals surface area contributed by atoms with Gasteiger partial charge in [0.15, 0.2) is 0 Å². The molecule has 0 aromatic heterocycles. The van der Waals surface area contributed by atoms with Crippen molar-refractivity contribution >= 4 is 0 Å². The minimum absolute atomic E-state index is 1.15. The lowest BCUT2D eigenvalue weighted by Gasteiger charge is -2.17. The van der Waals surface area contributed by atoms with Gasteiger partial charge in [0.1, 0.15) is 0 Å². The van der Waals surface area contributed by atoms with Crippen LogP contribution in [0.3, 0.4) is 0 Å². The molecule has 0 saturated carbocycles. The van der Waals surface area contributed by atoms with Gasteiger partial charge in [-0.3, -0.25) is 0 Å². The first kappa shape index (κ1) is 16.7. The Hall–Kier alpha value is -0.340. The molecule has 19 heavy (non-hydrogen) atoms. The average molecular weight is 266 g/mol. The third-order valence-corrected chi connectivity index (χ3v) is 4.14. The van der Waals surface area contributed by atoms with Gasteiger partial charge in [0.05, 0.1) is 0 Å². The topological polar surface area (TPSA) is 15.3 Å². The summed E-state index contributed by atoms with van der Waals surface area (Å²) < 4.78 is 0. The van der Waals surface area contributed by atoms with Gasteiger partial charge in [-0.1, -0.05) is 24.5 Å². The van der Waals surface area contributed by atoms with E-state index in [0.717, 1.165) is 6.54 Å². The highest BCUT2D eigenvalue weighted by molar-refractivity contribution is 5.02. The molecule has 0 aromatic carbocycles. The standard InChI is InChI=1S/C17H34N2/c1-18-14-8-9-15-19(2)16-10-13-17-11-6-4-3-5-7-12-17/h11,18H,3-10,12-16H2,1-2H3/b17-11+. The minimum Gasteiger partial charge on any atom is -0.320 e. The summed E-state index contributed by atoms with van der Waals surface area (Å²) in [5.41, 5.74) is 1.74. The van der Waals surface area contributed by atoms with Crippen LogP contribution in [0, 0.1) is 0 Å². The molecule has 112 valence electrons. The molecule has 0 aromatic rings. The van der Waals surface area contributed by atoms with Crippen molar-refractivity contribution in [3.05, 3.63) is 11.6 Å². The Bertz CT molecular complexity index is 235. The summed E-state index contributed by atoms with van der Waals surface area (Å²) >= 11 is 0. The molecule has 0 amide bonds. The monoisotopic (exact) mass is 266 g/mol. The minimum atomic E-state index is 1.15. The summed E-state index contributed by atoms with van der Waals surface area (Å²) in [6.07, 6.45) is 16.2. The van der Waals surface area contributed by atoms with E-state index in [2.05, 4.69) is 23.3 Å². The zero-order valence-corrected chi connectivity index (χ0v) is 13.2. The SMILES string of the molecule is CNCCCCN(C)CCC/C1=C/CCCCCC1. The van der Waals surface area contributed by atoms with E-state index in [4.69, 9.17) is 0 Å². The summed E-state index contributed by atoms with van der Waals surface area (Å²) in [5.74, 6) is 0. The van der Waals surface area contributed by atoms with E-state index in [-0.39, 0.29) is 0 Å². The van der Waals surface area contributed by atoms with E-state index >= 15 is 0 Å². The average Bonchev–Trinajstić information content (AvgIpc) is 2.37. The van der Waals surface area contributed by atoms with Crippen molar-refractivity contribution in [2.45, 2.75) is 64.2 Å². The van der Waals surface area contributed by atoms with E-state index in [1.807, 2.05) is 7.05 Å². The second-order valence-corrected chi connectivity index (χ2v) is 6.03. The number of nitrogens with one attached hydrogen (secondary N) is 1. The van der Waals surface area contributed by atoms with Crippen LogP contribution in [0.15, 0.2) is 11.6 Å². The Morgan fingerprint density at radius 3 is 2.68 bits per heavy atom. The smallest absolute Gasteiger partial charge is 0.00187 e. The molecule has 1 rings (SSSR count). The van der Waals surface area contributed by atoms with Crippen molar-refractivity contribution in [1.29, 1.82) is 0 Å². The molecule has 2 nitrogen and oxygen atoms in total. The molecule has 0 heterocycles. The fraction of sp³-hybridized carbons (Fsp3) is 0.882. The van der Waals surface area contributed by atoms with Gasteiger partial charge in [-0.25, -0.2) is 0 Å². The summed E-state index contributed by atoms with van der Waals surface area (Å²) in [4.78, 5) is 2.50. The molecule has 0 aliphatic heterocycles. The maximum Gasteiger partial charge on any atom is -0.00187 e. The fourth-order valence-electron chi connectivity index (χ4n) is 2.86. The lowest BCUT2D eigenvalue weighted by molar-refractivity contribution is 0.320. The van der Waals surface area contributed by atoms with Crippen LogP contribution < -0.4 is 5.32 Å². The predicted octanol–water partition coefficient (Wildman–Crippen LogP) is 3.98. The molecule has 0 unspecified atom stereocenters. The van der Waals surface area contributed by atoms with E-state index in [9.17, 15) is 0 Å². The van der Waals surface area contributed by atoms with Crippen molar-refractivity contribution in [3.8, 4) is 0 Å². The second kappa shape index (κ2) is 11.5. The fourth-order valence-corrected chi connectivity index (χ4v) is 2.86. The molecule has 1 aliphatic carbocycles. The largest absolute Gasteiger partial charge is 0.320 e. The van der Waals surface area contributed by atoms with Crippen LogP contribution in [-0.2, 0) is 0 Å². The maximum absolute atomic E-state index is 3.21. The van der Waals surface area contributed by atoms with Crippen LogP contribution in [0.25, 0.3) is 0 Å². The molecule has 0 bridgehead atoms. The first-order valence-electron chi connectivity index (χ1n) is 8.34. The van der Waals surface area contributed by atoms with Gasteiger partial charge >= 0.3 is 0 Å². The number of allylic oxidation sites excluding steroid dienone is 2. The third kappa shape index (κ3) is 9.23. The molecule has 0 radical (unpaired) electrons. The summed E-state index contributed by atoms with van der Waals surface area (Å²) in [5, 5.41) is 3.21. The van der Waals surface area contributed by atoms with Gasteiger partial charge in [-0.05, 0) is 85.1 Å². The lowest BCUT2D eigenvalue weighted by Crippen LogP contribution is -2.22. The number of unbranched alkanes of at least 4 members (excludes halogenated alkanes) is 1. The van der Waals surface area contributed by atoms with E-state index in [1.54, 1.807) is 5.57 Å². The van der Waals surface area contributed by atoms with Crippen molar-refractivity contribution in [2.75, 3.05) is 33.7 Å². The number of nitrogens with zero attached hydrogens (tertiary/aromatic N) is 1. The van der Waals surface area contributed by atoms with Crippen molar-refractivity contribution in [1.82, 2.24) is 10.2 Å². The molecule has 0 atom stereocenters. The molecule has 0 saturated heterocycles. The zero-order chi connectivity index (χ0) is 13.8. The number of hydrogen-bond donors (Lipinski definition) is 1.